The third kappa shape index (κ3) is 3.29. The Balaban J connectivity index is 1.92. The Bertz CT molecular complexity index is 430. The fourth-order valence-corrected chi connectivity index (χ4v) is 2.85. The van der Waals surface area contributed by atoms with Crippen molar-refractivity contribution >= 4 is 21.6 Å². The maximum absolute atomic E-state index is 10.8. The second-order valence-corrected chi connectivity index (χ2v) is 5.47. The zero-order valence-corrected chi connectivity index (χ0v) is 11.7. The summed E-state index contributed by atoms with van der Waals surface area (Å²) in [7, 11) is 0. The normalized spacial score (nSPS) is 16.1. The Kier molecular flexibility index (Phi) is 4.72. The highest BCUT2D eigenvalue weighted by Crippen LogP contribution is 2.29. The van der Waals surface area contributed by atoms with Crippen LogP contribution in [0.25, 0.3) is 0 Å². The summed E-state index contributed by atoms with van der Waals surface area (Å²) >= 11 is 3.27. The van der Waals surface area contributed by atoms with Crippen LogP contribution in [0.2, 0.25) is 0 Å². The molecule has 0 saturated heterocycles. The van der Waals surface area contributed by atoms with Gasteiger partial charge >= 0.3 is 0 Å². The third-order valence-corrected chi connectivity index (χ3v) is 4.26. The first-order chi connectivity index (χ1) is 8.68. The van der Waals surface area contributed by atoms with Crippen LogP contribution in [-0.2, 0) is 11.3 Å². The van der Waals surface area contributed by atoms with Crippen molar-refractivity contribution in [1.82, 2.24) is 0 Å². The van der Waals surface area contributed by atoms with Crippen LogP contribution in [0.5, 0.6) is 0 Å². The number of nitrogens with zero attached hydrogens (tertiary/aromatic N) is 1. The van der Waals surface area contributed by atoms with E-state index in [1.165, 1.54) is 31.7 Å². The second kappa shape index (κ2) is 6.29. The number of nitro benzene ring substituents is 1. The Labute approximate surface area is 115 Å². The van der Waals surface area contributed by atoms with Crippen molar-refractivity contribution in [3.63, 3.8) is 0 Å². The van der Waals surface area contributed by atoms with E-state index in [4.69, 9.17) is 4.74 Å². The van der Waals surface area contributed by atoms with Gasteiger partial charge in [-0.05, 0) is 40.3 Å². The molecule has 0 unspecified atom stereocenters. The molecule has 1 saturated carbocycles. The van der Waals surface area contributed by atoms with Crippen molar-refractivity contribution in [1.29, 1.82) is 0 Å². The number of ether oxygens (including phenoxy) is 1. The van der Waals surface area contributed by atoms with Gasteiger partial charge in [-0.1, -0.05) is 25.0 Å². The van der Waals surface area contributed by atoms with Crippen LogP contribution in [0.1, 0.15) is 31.2 Å². The Hall–Kier alpha value is -0.940. The van der Waals surface area contributed by atoms with E-state index in [1.807, 2.05) is 6.07 Å². The predicted molar refractivity (Wildman–Crippen MR) is 72.4 cm³/mol. The summed E-state index contributed by atoms with van der Waals surface area (Å²) in [6.07, 6.45) is 5.09. The topological polar surface area (TPSA) is 52.4 Å². The molecule has 0 spiro atoms. The number of hydrogen-bond acceptors (Lipinski definition) is 3. The molecule has 98 valence electrons. The van der Waals surface area contributed by atoms with Crippen LogP contribution < -0.4 is 0 Å². The highest BCUT2D eigenvalue weighted by Gasteiger charge is 2.17. The fraction of sp³-hybridized carbons (Fsp3) is 0.538. The lowest BCUT2D eigenvalue weighted by molar-refractivity contribution is -0.385. The van der Waals surface area contributed by atoms with E-state index in [2.05, 4.69) is 15.9 Å². The minimum atomic E-state index is -0.384. The van der Waals surface area contributed by atoms with Gasteiger partial charge < -0.3 is 4.74 Å². The number of hydrogen-bond donors (Lipinski definition) is 0. The minimum absolute atomic E-state index is 0.0944. The highest BCUT2D eigenvalue weighted by molar-refractivity contribution is 9.10. The molecule has 1 aromatic rings. The zero-order chi connectivity index (χ0) is 13.0. The van der Waals surface area contributed by atoms with Gasteiger partial charge in [-0.2, -0.15) is 0 Å². The van der Waals surface area contributed by atoms with E-state index < -0.39 is 0 Å². The largest absolute Gasteiger partial charge is 0.376 e. The average molecular weight is 314 g/mol. The van der Waals surface area contributed by atoms with Crippen LogP contribution in [0.4, 0.5) is 5.69 Å². The summed E-state index contributed by atoms with van der Waals surface area (Å²) in [5.74, 6) is 0.669. The van der Waals surface area contributed by atoms with Crippen LogP contribution in [-0.4, -0.2) is 11.5 Å². The maximum atomic E-state index is 10.8. The maximum Gasteiger partial charge on any atom is 0.283 e. The van der Waals surface area contributed by atoms with Gasteiger partial charge in [0, 0.05) is 12.7 Å². The minimum Gasteiger partial charge on any atom is -0.376 e. The number of nitro groups is 1. The Morgan fingerprint density at radius 3 is 2.78 bits per heavy atom. The summed E-state index contributed by atoms with van der Waals surface area (Å²) in [5.41, 5.74) is 0.930. The van der Waals surface area contributed by atoms with Crippen LogP contribution in [0.3, 0.4) is 0 Å². The third-order valence-electron chi connectivity index (χ3n) is 3.34. The molecular formula is C13H16BrNO3. The smallest absolute Gasteiger partial charge is 0.283 e. The molecule has 18 heavy (non-hydrogen) atoms. The lowest BCUT2D eigenvalue weighted by atomic mass is 10.1. The molecule has 1 aliphatic rings. The molecule has 1 fully saturated rings. The Morgan fingerprint density at radius 2 is 2.11 bits per heavy atom. The van der Waals surface area contributed by atoms with Gasteiger partial charge in [-0.15, -0.1) is 0 Å². The summed E-state index contributed by atoms with van der Waals surface area (Å²) in [4.78, 5) is 10.4. The van der Waals surface area contributed by atoms with Gasteiger partial charge in [-0.25, -0.2) is 0 Å². The van der Waals surface area contributed by atoms with Crippen molar-refractivity contribution in [2.75, 3.05) is 6.61 Å². The molecular weight excluding hydrogens is 298 g/mol. The quantitative estimate of drug-likeness (QED) is 0.608. The second-order valence-electron chi connectivity index (χ2n) is 4.67. The summed E-state index contributed by atoms with van der Waals surface area (Å²) in [6.45, 7) is 1.19. The zero-order valence-electron chi connectivity index (χ0n) is 10.1. The molecule has 0 heterocycles. The number of rotatable bonds is 5. The fourth-order valence-electron chi connectivity index (χ4n) is 2.33. The van der Waals surface area contributed by atoms with E-state index in [1.54, 1.807) is 6.07 Å². The molecule has 1 aliphatic carbocycles. The van der Waals surface area contributed by atoms with Crippen LogP contribution in [0.15, 0.2) is 22.7 Å². The monoisotopic (exact) mass is 313 g/mol. The van der Waals surface area contributed by atoms with Crippen molar-refractivity contribution in [3.8, 4) is 0 Å². The molecule has 0 atom stereocenters. The van der Waals surface area contributed by atoms with Gasteiger partial charge in [0.1, 0.15) is 4.47 Å². The van der Waals surface area contributed by atoms with Gasteiger partial charge in [0.05, 0.1) is 11.5 Å². The molecule has 0 amide bonds. The molecule has 0 N–H and O–H groups in total. The van der Waals surface area contributed by atoms with Crippen molar-refractivity contribution in [3.05, 3.63) is 38.3 Å². The lowest BCUT2D eigenvalue weighted by Crippen LogP contribution is -2.06. The summed E-state index contributed by atoms with van der Waals surface area (Å²) in [6, 6.07) is 5.04. The molecule has 1 aromatic carbocycles. The molecule has 5 heteroatoms. The number of halogens is 1. The average Bonchev–Trinajstić information content (AvgIpc) is 2.84. The summed E-state index contributed by atoms with van der Waals surface area (Å²) in [5, 5.41) is 10.8. The lowest BCUT2D eigenvalue weighted by Gasteiger charge is -2.10. The van der Waals surface area contributed by atoms with Gasteiger partial charge in [-0.3, -0.25) is 10.1 Å². The van der Waals surface area contributed by atoms with E-state index in [-0.39, 0.29) is 10.6 Å². The SMILES string of the molecule is O=[N+]([O-])c1cccc(COCC2CCCC2)c1Br. The predicted octanol–water partition coefficient (Wildman–Crippen LogP) is 4.06. The highest BCUT2D eigenvalue weighted by atomic mass is 79.9. The van der Waals surface area contributed by atoms with Gasteiger partial charge in [0.25, 0.3) is 5.69 Å². The number of benzene rings is 1. The van der Waals surface area contributed by atoms with E-state index >= 15 is 0 Å². The van der Waals surface area contributed by atoms with E-state index in [9.17, 15) is 10.1 Å². The van der Waals surface area contributed by atoms with Crippen molar-refractivity contribution in [2.45, 2.75) is 32.3 Å². The molecule has 0 radical (unpaired) electrons. The first-order valence-electron chi connectivity index (χ1n) is 6.18. The molecule has 0 aromatic heterocycles. The van der Waals surface area contributed by atoms with Gasteiger partial charge in [0.2, 0.25) is 0 Å². The Morgan fingerprint density at radius 1 is 1.39 bits per heavy atom. The molecule has 0 aliphatic heterocycles. The van der Waals surface area contributed by atoms with Crippen LogP contribution >= 0.6 is 15.9 Å². The molecule has 2 rings (SSSR count). The van der Waals surface area contributed by atoms with Crippen molar-refractivity contribution < 1.29 is 9.66 Å². The van der Waals surface area contributed by atoms with E-state index in [0.29, 0.717) is 17.0 Å². The van der Waals surface area contributed by atoms with Gasteiger partial charge in [0.15, 0.2) is 0 Å². The summed E-state index contributed by atoms with van der Waals surface area (Å²) < 4.78 is 6.20. The van der Waals surface area contributed by atoms with E-state index in [0.717, 1.165) is 12.2 Å². The van der Waals surface area contributed by atoms with Crippen molar-refractivity contribution in [2.24, 2.45) is 5.92 Å². The standard InChI is InChI=1S/C13H16BrNO3/c14-13-11(6-3-7-12(13)15(16)17)9-18-8-10-4-1-2-5-10/h3,6-7,10H,1-2,4-5,8-9H2. The van der Waals surface area contributed by atoms with Crippen LogP contribution in [0, 0.1) is 16.0 Å². The first kappa shape index (κ1) is 13.5. The molecule has 0 bridgehead atoms. The molecule has 4 nitrogen and oxygen atoms in total. The first-order valence-corrected chi connectivity index (χ1v) is 6.97.